The molecular weight excluding hydrogens is 272 g/mol. The van der Waals surface area contributed by atoms with Gasteiger partial charge in [0.1, 0.15) is 0 Å². The molecule has 0 amide bonds. The molecule has 0 spiro atoms. The lowest BCUT2D eigenvalue weighted by atomic mass is 9.93. The average Bonchev–Trinajstić information content (AvgIpc) is 2.69. The largest absolute Gasteiger partial charge is 0.388 e. The first-order valence-electron chi connectivity index (χ1n) is 6.96. The molecular formula is C15H24N2O2S. The molecule has 4 nitrogen and oxygen atoms in total. The van der Waals surface area contributed by atoms with E-state index in [-0.39, 0.29) is 5.41 Å². The third-order valence-electron chi connectivity index (χ3n) is 3.99. The molecule has 1 N–H and O–H groups in total. The summed E-state index contributed by atoms with van der Waals surface area (Å²) in [5.41, 5.74) is 2.62. The molecule has 5 heteroatoms. The van der Waals surface area contributed by atoms with Gasteiger partial charge in [0.2, 0.25) is 10.0 Å². The second-order valence-corrected chi connectivity index (χ2v) is 8.32. The van der Waals surface area contributed by atoms with Crippen molar-refractivity contribution in [2.45, 2.75) is 39.0 Å². The van der Waals surface area contributed by atoms with Crippen LogP contribution < -0.4 is 5.32 Å². The molecule has 0 radical (unpaired) electrons. The Balaban J connectivity index is 2.46. The topological polar surface area (TPSA) is 49.4 Å². The van der Waals surface area contributed by atoms with Crippen LogP contribution in [0.15, 0.2) is 17.0 Å². The molecule has 0 bridgehead atoms. The summed E-state index contributed by atoms with van der Waals surface area (Å²) in [5.74, 6) is 0. The van der Waals surface area contributed by atoms with Crippen LogP contribution in [0.25, 0.3) is 0 Å². The molecule has 1 fully saturated rings. The second-order valence-electron chi connectivity index (χ2n) is 6.44. The van der Waals surface area contributed by atoms with Gasteiger partial charge in [0.05, 0.1) is 4.90 Å². The predicted molar refractivity (Wildman–Crippen MR) is 82.6 cm³/mol. The first-order chi connectivity index (χ1) is 9.17. The van der Waals surface area contributed by atoms with E-state index in [2.05, 4.69) is 19.2 Å². The van der Waals surface area contributed by atoms with Gasteiger partial charge >= 0.3 is 0 Å². The highest BCUT2D eigenvalue weighted by Gasteiger charge is 2.38. The van der Waals surface area contributed by atoms with Crippen LogP contribution in [0.5, 0.6) is 0 Å². The van der Waals surface area contributed by atoms with Crippen LogP contribution >= 0.6 is 0 Å². The zero-order valence-corrected chi connectivity index (χ0v) is 13.8. The van der Waals surface area contributed by atoms with Crippen LogP contribution in [0, 0.1) is 19.3 Å². The van der Waals surface area contributed by atoms with E-state index in [1.807, 2.05) is 33.0 Å². The fourth-order valence-electron chi connectivity index (χ4n) is 2.90. The Morgan fingerprint density at radius 2 is 1.75 bits per heavy atom. The Kier molecular flexibility index (Phi) is 3.86. The molecule has 1 heterocycles. The van der Waals surface area contributed by atoms with E-state index < -0.39 is 10.0 Å². The van der Waals surface area contributed by atoms with E-state index in [1.165, 1.54) is 0 Å². The molecule has 1 aliphatic heterocycles. The van der Waals surface area contributed by atoms with Crippen LogP contribution in [0.4, 0.5) is 5.69 Å². The zero-order valence-electron chi connectivity index (χ0n) is 12.9. The van der Waals surface area contributed by atoms with E-state index in [0.717, 1.165) is 23.2 Å². The fourth-order valence-corrected chi connectivity index (χ4v) is 4.94. The lowest BCUT2D eigenvalue weighted by Gasteiger charge is -2.22. The monoisotopic (exact) mass is 296 g/mol. The van der Waals surface area contributed by atoms with Gasteiger partial charge in [0.15, 0.2) is 0 Å². The highest BCUT2D eigenvalue weighted by atomic mass is 32.2. The average molecular weight is 296 g/mol. The van der Waals surface area contributed by atoms with Crippen LogP contribution in [0.3, 0.4) is 0 Å². The molecule has 0 atom stereocenters. The van der Waals surface area contributed by atoms with Crippen molar-refractivity contribution in [1.82, 2.24) is 4.31 Å². The van der Waals surface area contributed by atoms with E-state index in [0.29, 0.717) is 18.0 Å². The van der Waals surface area contributed by atoms with Gasteiger partial charge in [-0.05, 0) is 48.9 Å². The predicted octanol–water partition coefficient (Wildman–Crippen LogP) is 2.77. The molecule has 1 aromatic rings. The maximum Gasteiger partial charge on any atom is 0.243 e. The summed E-state index contributed by atoms with van der Waals surface area (Å²) in [6, 6.07) is 3.78. The molecule has 112 valence electrons. The number of hydrogen-bond acceptors (Lipinski definition) is 3. The smallest absolute Gasteiger partial charge is 0.243 e. The molecule has 1 saturated heterocycles. The van der Waals surface area contributed by atoms with Crippen molar-refractivity contribution in [3.8, 4) is 0 Å². The highest BCUT2D eigenvalue weighted by Crippen LogP contribution is 2.35. The van der Waals surface area contributed by atoms with Crippen molar-refractivity contribution in [1.29, 1.82) is 0 Å². The van der Waals surface area contributed by atoms with Crippen LogP contribution in [-0.4, -0.2) is 32.9 Å². The minimum Gasteiger partial charge on any atom is -0.388 e. The van der Waals surface area contributed by atoms with Gasteiger partial charge in [-0.15, -0.1) is 0 Å². The molecule has 0 unspecified atom stereocenters. The fraction of sp³-hybridized carbons (Fsp3) is 0.600. The number of aryl methyl sites for hydroxylation is 2. The SMILES string of the molecule is CNc1cc(C)c(S(=O)(=O)N2CCC(C)(C)C2)c(C)c1. The summed E-state index contributed by atoms with van der Waals surface area (Å²) >= 11 is 0. The van der Waals surface area contributed by atoms with Crippen molar-refractivity contribution >= 4 is 15.7 Å². The number of nitrogens with one attached hydrogen (secondary N) is 1. The summed E-state index contributed by atoms with van der Waals surface area (Å²) < 4.78 is 27.4. The Morgan fingerprint density at radius 3 is 2.15 bits per heavy atom. The molecule has 0 aliphatic carbocycles. The van der Waals surface area contributed by atoms with Gasteiger partial charge in [-0.2, -0.15) is 4.31 Å². The lowest BCUT2D eigenvalue weighted by Crippen LogP contribution is -2.31. The normalized spacial score (nSPS) is 19.2. The van der Waals surface area contributed by atoms with Gasteiger partial charge in [0.25, 0.3) is 0 Å². The third kappa shape index (κ3) is 2.69. The van der Waals surface area contributed by atoms with Crippen LogP contribution in [0.2, 0.25) is 0 Å². The van der Waals surface area contributed by atoms with Gasteiger partial charge < -0.3 is 5.32 Å². The standard InChI is InChI=1S/C15H24N2O2S/c1-11-8-13(16-5)9-12(2)14(11)20(18,19)17-7-6-15(3,4)10-17/h8-9,16H,6-7,10H2,1-5H3. The van der Waals surface area contributed by atoms with Gasteiger partial charge in [-0.25, -0.2) is 8.42 Å². The molecule has 1 aliphatic rings. The number of hydrogen-bond donors (Lipinski definition) is 1. The number of rotatable bonds is 3. The first kappa shape index (κ1) is 15.3. The van der Waals surface area contributed by atoms with Crippen molar-refractivity contribution in [2.75, 3.05) is 25.5 Å². The molecule has 2 rings (SSSR count). The van der Waals surface area contributed by atoms with Crippen LogP contribution in [0.1, 0.15) is 31.4 Å². The summed E-state index contributed by atoms with van der Waals surface area (Å²) in [6.07, 6.45) is 0.916. The van der Waals surface area contributed by atoms with E-state index in [9.17, 15) is 8.42 Å². The zero-order chi connectivity index (χ0) is 15.1. The lowest BCUT2D eigenvalue weighted by molar-refractivity contribution is 0.375. The maximum atomic E-state index is 12.9. The van der Waals surface area contributed by atoms with E-state index in [4.69, 9.17) is 0 Å². The number of anilines is 1. The summed E-state index contributed by atoms with van der Waals surface area (Å²) in [4.78, 5) is 0.467. The quantitative estimate of drug-likeness (QED) is 0.933. The summed E-state index contributed by atoms with van der Waals surface area (Å²) in [5, 5.41) is 3.06. The van der Waals surface area contributed by atoms with Crippen molar-refractivity contribution in [3.05, 3.63) is 23.3 Å². The Morgan fingerprint density at radius 1 is 1.20 bits per heavy atom. The molecule has 0 saturated carbocycles. The van der Waals surface area contributed by atoms with Gasteiger partial charge in [-0.3, -0.25) is 0 Å². The summed E-state index contributed by atoms with van der Waals surface area (Å²) in [7, 11) is -1.55. The van der Waals surface area contributed by atoms with Crippen LogP contribution in [-0.2, 0) is 10.0 Å². The Bertz CT molecular complexity index is 598. The number of nitrogens with zero attached hydrogens (tertiary/aromatic N) is 1. The van der Waals surface area contributed by atoms with E-state index in [1.54, 1.807) is 4.31 Å². The maximum absolute atomic E-state index is 12.9. The van der Waals surface area contributed by atoms with Crippen molar-refractivity contribution < 1.29 is 8.42 Å². The molecule has 0 aromatic heterocycles. The minimum atomic E-state index is -3.39. The Hall–Kier alpha value is -1.07. The summed E-state index contributed by atoms with van der Waals surface area (Å²) in [6.45, 7) is 9.17. The van der Waals surface area contributed by atoms with Crippen molar-refractivity contribution in [3.63, 3.8) is 0 Å². The molecule has 20 heavy (non-hydrogen) atoms. The first-order valence-corrected chi connectivity index (χ1v) is 8.40. The van der Waals surface area contributed by atoms with Crippen molar-refractivity contribution in [2.24, 2.45) is 5.41 Å². The minimum absolute atomic E-state index is 0.0692. The molecule has 1 aromatic carbocycles. The van der Waals surface area contributed by atoms with Gasteiger partial charge in [0, 0.05) is 25.8 Å². The third-order valence-corrected chi connectivity index (χ3v) is 6.14. The Labute approximate surface area is 122 Å². The van der Waals surface area contributed by atoms with Gasteiger partial charge in [-0.1, -0.05) is 13.8 Å². The number of sulfonamides is 1. The number of benzene rings is 1. The van der Waals surface area contributed by atoms with E-state index >= 15 is 0 Å². The second kappa shape index (κ2) is 5.04. The highest BCUT2D eigenvalue weighted by molar-refractivity contribution is 7.89.